The van der Waals surface area contributed by atoms with Crippen molar-refractivity contribution in [2.75, 3.05) is 4.72 Å². The summed E-state index contributed by atoms with van der Waals surface area (Å²) in [7, 11) is -3.76. The first kappa shape index (κ1) is 18.0. The Labute approximate surface area is 143 Å². The minimum absolute atomic E-state index is 0.0290. The van der Waals surface area contributed by atoms with Crippen LogP contribution in [0.1, 0.15) is 36.2 Å². The van der Waals surface area contributed by atoms with Gasteiger partial charge in [0.1, 0.15) is 0 Å². The predicted molar refractivity (Wildman–Crippen MR) is 95.6 cm³/mol. The second kappa shape index (κ2) is 7.49. The van der Waals surface area contributed by atoms with Crippen LogP contribution in [-0.4, -0.2) is 20.4 Å². The van der Waals surface area contributed by atoms with Crippen molar-refractivity contribution in [2.24, 2.45) is 0 Å². The molecular formula is C18H22N2O3S. The fourth-order valence-electron chi connectivity index (χ4n) is 2.16. The van der Waals surface area contributed by atoms with Crippen LogP contribution in [0.15, 0.2) is 53.4 Å². The summed E-state index contributed by atoms with van der Waals surface area (Å²) in [5, 5.41) is 2.84. The highest BCUT2D eigenvalue weighted by molar-refractivity contribution is 7.92. The Balaban J connectivity index is 2.32. The van der Waals surface area contributed by atoms with E-state index in [2.05, 4.69) is 10.0 Å². The van der Waals surface area contributed by atoms with Crippen LogP contribution < -0.4 is 10.0 Å². The van der Waals surface area contributed by atoms with E-state index in [-0.39, 0.29) is 16.8 Å². The minimum Gasteiger partial charge on any atom is -0.350 e. The molecule has 1 atom stereocenters. The van der Waals surface area contributed by atoms with Crippen molar-refractivity contribution < 1.29 is 13.2 Å². The van der Waals surface area contributed by atoms with Gasteiger partial charge in [-0.1, -0.05) is 31.2 Å². The van der Waals surface area contributed by atoms with Gasteiger partial charge in [-0.25, -0.2) is 8.42 Å². The maximum Gasteiger partial charge on any atom is 0.262 e. The molecule has 2 N–H and O–H groups in total. The van der Waals surface area contributed by atoms with E-state index in [0.29, 0.717) is 16.8 Å². The van der Waals surface area contributed by atoms with Crippen molar-refractivity contribution in [3.05, 3.63) is 59.7 Å². The highest BCUT2D eigenvalue weighted by atomic mass is 32.2. The van der Waals surface area contributed by atoms with Gasteiger partial charge in [0.2, 0.25) is 0 Å². The second-order valence-corrected chi connectivity index (χ2v) is 7.39. The lowest BCUT2D eigenvalue weighted by Gasteiger charge is -2.14. The Kier molecular flexibility index (Phi) is 5.62. The molecule has 0 radical (unpaired) electrons. The molecular weight excluding hydrogens is 324 g/mol. The average molecular weight is 346 g/mol. The van der Waals surface area contributed by atoms with Gasteiger partial charge in [0.15, 0.2) is 0 Å². The highest BCUT2D eigenvalue weighted by Crippen LogP contribution is 2.21. The number of hydrogen-bond acceptors (Lipinski definition) is 3. The summed E-state index contributed by atoms with van der Waals surface area (Å²) >= 11 is 0. The summed E-state index contributed by atoms with van der Waals surface area (Å²) in [5.41, 5.74) is 1.39. The molecule has 5 nitrogen and oxygen atoms in total. The van der Waals surface area contributed by atoms with E-state index in [1.165, 1.54) is 6.07 Å². The molecule has 0 heterocycles. The monoisotopic (exact) mass is 346 g/mol. The Hall–Kier alpha value is -2.34. The maximum absolute atomic E-state index is 12.6. The molecule has 2 aromatic carbocycles. The van der Waals surface area contributed by atoms with E-state index in [1.807, 2.05) is 19.9 Å². The number of para-hydroxylation sites is 1. The molecule has 1 amide bonds. The van der Waals surface area contributed by atoms with Gasteiger partial charge in [-0.2, -0.15) is 0 Å². The molecule has 0 aliphatic rings. The number of amides is 1. The van der Waals surface area contributed by atoms with Crippen molar-refractivity contribution in [2.45, 2.75) is 38.1 Å². The Bertz CT molecular complexity index is 817. The number of hydrogen-bond donors (Lipinski definition) is 2. The van der Waals surface area contributed by atoms with E-state index in [1.54, 1.807) is 43.3 Å². The SMILES string of the molecule is CC[C@H](C)NC(=O)c1ccc(C)c(S(=O)(=O)Nc2ccccc2)c1. The number of sulfonamides is 1. The lowest BCUT2D eigenvalue weighted by atomic mass is 10.1. The maximum atomic E-state index is 12.6. The summed E-state index contributed by atoms with van der Waals surface area (Å²) in [5.74, 6) is -0.277. The van der Waals surface area contributed by atoms with Crippen LogP contribution >= 0.6 is 0 Å². The molecule has 0 unspecified atom stereocenters. The summed E-state index contributed by atoms with van der Waals surface area (Å²) in [4.78, 5) is 12.3. The molecule has 0 fully saturated rings. The van der Waals surface area contributed by atoms with Gasteiger partial charge < -0.3 is 5.32 Å². The molecule has 0 saturated heterocycles. The number of nitrogens with one attached hydrogen (secondary N) is 2. The standard InChI is InChI=1S/C18H22N2O3S/c1-4-14(3)19-18(21)15-11-10-13(2)17(12-15)24(22,23)20-16-8-6-5-7-9-16/h5-12,14,20H,4H2,1-3H3,(H,19,21)/t14-/m0/s1. The first-order valence-corrected chi connectivity index (χ1v) is 9.31. The van der Waals surface area contributed by atoms with Crippen molar-refractivity contribution in [3.8, 4) is 0 Å². The largest absolute Gasteiger partial charge is 0.350 e. The van der Waals surface area contributed by atoms with Crippen LogP contribution in [-0.2, 0) is 10.0 Å². The van der Waals surface area contributed by atoms with Crippen LogP contribution in [0.5, 0.6) is 0 Å². The van der Waals surface area contributed by atoms with E-state index in [4.69, 9.17) is 0 Å². The molecule has 0 aliphatic carbocycles. The predicted octanol–water partition coefficient (Wildman–Crippen LogP) is 3.32. The third kappa shape index (κ3) is 4.35. The molecule has 0 spiro atoms. The molecule has 2 rings (SSSR count). The minimum atomic E-state index is -3.76. The summed E-state index contributed by atoms with van der Waals surface area (Å²) in [6.07, 6.45) is 0.804. The molecule has 0 aromatic heterocycles. The lowest BCUT2D eigenvalue weighted by molar-refractivity contribution is 0.0939. The van der Waals surface area contributed by atoms with Crippen LogP contribution in [0.4, 0.5) is 5.69 Å². The molecule has 6 heteroatoms. The van der Waals surface area contributed by atoms with Crippen molar-refractivity contribution in [1.29, 1.82) is 0 Å². The number of carbonyl (C=O) groups excluding carboxylic acids is 1. The van der Waals surface area contributed by atoms with Gasteiger partial charge in [-0.3, -0.25) is 9.52 Å². The number of rotatable bonds is 6. The second-order valence-electron chi connectivity index (χ2n) is 5.73. The van der Waals surface area contributed by atoms with E-state index in [9.17, 15) is 13.2 Å². The first-order chi connectivity index (χ1) is 11.3. The summed E-state index contributed by atoms with van der Waals surface area (Å²) in [6, 6.07) is 13.4. The topological polar surface area (TPSA) is 75.3 Å². The smallest absolute Gasteiger partial charge is 0.262 e. The molecule has 0 saturated carbocycles. The van der Waals surface area contributed by atoms with Gasteiger partial charge in [0, 0.05) is 17.3 Å². The van der Waals surface area contributed by atoms with E-state index >= 15 is 0 Å². The molecule has 24 heavy (non-hydrogen) atoms. The van der Waals surface area contributed by atoms with Gasteiger partial charge in [-0.15, -0.1) is 0 Å². The van der Waals surface area contributed by atoms with Gasteiger partial charge in [-0.05, 0) is 50.1 Å². The van der Waals surface area contributed by atoms with Crippen molar-refractivity contribution in [3.63, 3.8) is 0 Å². The number of anilines is 1. The van der Waals surface area contributed by atoms with Gasteiger partial charge in [0.05, 0.1) is 4.90 Å². The molecule has 2 aromatic rings. The summed E-state index contributed by atoms with van der Waals surface area (Å²) in [6.45, 7) is 5.58. The zero-order valence-corrected chi connectivity index (χ0v) is 14.9. The van der Waals surface area contributed by atoms with Crippen LogP contribution in [0.2, 0.25) is 0 Å². The van der Waals surface area contributed by atoms with E-state index in [0.717, 1.165) is 6.42 Å². The number of aryl methyl sites for hydroxylation is 1. The molecule has 0 aliphatic heterocycles. The fourth-order valence-corrected chi connectivity index (χ4v) is 3.49. The zero-order chi connectivity index (χ0) is 17.7. The first-order valence-electron chi connectivity index (χ1n) is 7.83. The molecule has 128 valence electrons. The normalized spacial score (nSPS) is 12.5. The third-order valence-electron chi connectivity index (χ3n) is 3.76. The van der Waals surface area contributed by atoms with Crippen molar-refractivity contribution >= 4 is 21.6 Å². The third-order valence-corrected chi connectivity index (χ3v) is 5.28. The Morgan fingerprint density at radius 1 is 1.12 bits per heavy atom. The van der Waals surface area contributed by atoms with Gasteiger partial charge in [0.25, 0.3) is 15.9 Å². The van der Waals surface area contributed by atoms with Gasteiger partial charge >= 0.3 is 0 Å². The summed E-state index contributed by atoms with van der Waals surface area (Å²) < 4.78 is 27.8. The number of benzene rings is 2. The van der Waals surface area contributed by atoms with Crippen LogP contribution in [0.25, 0.3) is 0 Å². The Morgan fingerprint density at radius 3 is 2.42 bits per heavy atom. The van der Waals surface area contributed by atoms with Crippen LogP contribution in [0, 0.1) is 6.92 Å². The number of carbonyl (C=O) groups is 1. The van der Waals surface area contributed by atoms with Crippen molar-refractivity contribution in [1.82, 2.24) is 5.32 Å². The molecule has 0 bridgehead atoms. The lowest BCUT2D eigenvalue weighted by Crippen LogP contribution is -2.32. The zero-order valence-electron chi connectivity index (χ0n) is 14.0. The Morgan fingerprint density at radius 2 is 1.79 bits per heavy atom. The fraction of sp³-hybridized carbons (Fsp3) is 0.278. The van der Waals surface area contributed by atoms with E-state index < -0.39 is 10.0 Å². The van der Waals surface area contributed by atoms with Crippen LogP contribution in [0.3, 0.4) is 0 Å². The average Bonchev–Trinajstić information content (AvgIpc) is 2.55. The quantitative estimate of drug-likeness (QED) is 0.842. The highest BCUT2D eigenvalue weighted by Gasteiger charge is 2.19.